The standard InChI is InChI=1S/C26H51O10P.Na/c1-3-5-7-9-11-13-15-17-25(29)33-21-24(22-35-37(31,32)34-20-23(28)19-27)36-26(30)18-16-14-12-10-8-6-4-2;/h23-24,27-28H,3-22H2,1-2H3,(H,31,32);/t23?,24-;/m1./s1. The van der Waals surface area contributed by atoms with Crippen molar-refractivity contribution in [2.75, 3.05) is 26.4 Å². The second kappa shape index (κ2) is 27.2. The SMILES string of the molecule is CCCCCCCCCC(=O)OC[C@H](COP(=O)(O)OCC(O)CO)OC(=O)CCCCCCCCC.[Na]. The van der Waals surface area contributed by atoms with E-state index in [1.54, 1.807) is 0 Å². The first-order valence-corrected chi connectivity index (χ1v) is 15.5. The smallest absolute Gasteiger partial charge is 0.462 e. The summed E-state index contributed by atoms with van der Waals surface area (Å²) < 4.78 is 32.1. The van der Waals surface area contributed by atoms with E-state index in [4.69, 9.17) is 19.1 Å². The van der Waals surface area contributed by atoms with E-state index in [0.29, 0.717) is 12.8 Å². The van der Waals surface area contributed by atoms with Gasteiger partial charge in [0.2, 0.25) is 0 Å². The van der Waals surface area contributed by atoms with Crippen molar-refractivity contribution in [2.45, 2.75) is 129 Å². The van der Waals surface area contributed by atoms with Crippen molar-refractivity contribution >= 4 is 49.3 Å². The number of hydrogen-bond acceptors (Lipinski definition) is 9. The summed E-state index contributed by atoms with van der Waals surface area (Å²) in [5.74, 6) is -0.939. The summed E-state index contributed by atoms with van der Waals surface area (Å²) in [4.78, 5) is 34.2. The molecule has 221 valence electrons. The first-order chi connectivity index (χ1) is 17.7. The normalized spacial score (nSPS) is 14.2. The minimum atomic E-state index is -4.58. The molecule has 0 saturated carbocycles. The van der Waals surface area contributed by atoms with E-state index in [9.17, 15) is 24.2 Å². The number of phosphoric acid groups is 1. The third kappa shape index (κ3) is 26.2. The number of rotatable bonds is 26. The molecule has 0 heterocycles. The average Bonchev–Trinajstić information content (AvgIpc) is 2.87. The third-order valence-corrected chi connectivity index (χ3v) is 6.71. The van der Waals surface area contributed by atoms with Crippen LogP contribution in [0, 0.1) is 0 Å². The van der Waals surface area contributed by atoms with Crippen LogP contribution in [0.4, 0.5) is 0 Å². The van der Waals surface area contributed by atoms with Crippen LogP contribution in [0.25, 0.3) is 0 Å². The summed E-state index contributed by atoms with van der Waals surface area (Å²) in [7, 11) is -4.58. The molecule has 0 saturated heterocycles. The minimum absolute atomic E-state index is 0. The van der Waals surface area contributed by atoms with Crippen molar-refractivity contribution in [1.29, 1.82) is 0 Å². The Hall–Kier alpha value is -0.0300. The van der Waals surface area contributed by atoms with E-state index in [-0.39, 0.29) is 49.0 Å². The maximum absolute atomic E-state index is 12.3. The predicted molar refractivity (Wildman–Crippen MR) is 147 cm³/mol. The topological polar surface area (TPSA) is 149 Å². The van der Waals surface area contributed by atoms with Crippen LogP contribution in [0.1, 0.15) is 117 Å². The Bertz CT molecular complexity index is 623. The zero-order chi connectivity index (χ0) is 27.8. The molecule has 1 radical (unpaired) electrons. The largest absolute Gasteiger partial charge is 0.472 e. The van der Waals surface area contributed by atoms with Gasteiger partial charge >= 0.3 is 19.8 Å². The van der Waals surface area contributed by atoms with Crippen LogP contribution < -0.4 is 0 Å². The van der Waals surface area contributed by atoms with E-state index in [0.717, 1.165) is 38.5 Å². The van der Waals surface area contributed by atoms with Crippen LogP contribution in [0.15, 0.2) is 0 Å². The molecule has 0 aliphatic heterocycles. The van der Waals surface area contributed by atoms with Crippen LogP contribution in [0.5, 0.6) is 0 Å². The van der Waals surface area contributed by atoms with E-state index < -0.39 is 51.8 Å². The molecule has 0 spiro atoms. The summed E-state index contributed by atoms with van der Waals surface area (Å²) in [6, 6.07) is 0. The van der Waals surface area contributed by atoms with Crippen LogP contribution in [0.3, 0.4) is 0 Å². The maximum atomic E-state index is 12.3. The molecule has 3 N–H and O–H groups in total. The number of ether oxygens (including phenoxy) is 2. The molecule has 0 aliphatic rings. The summed E-state index contributed by atoms with van der Waals surface area (Å²) in [6.07, 6.45) is 12.8. The quantitative estimate of drug-likeness (QED) is 0.0565. The monoisotopic (exact) mass is 577 g/mol. The number of aliphatic hydroxyl groups is 2. The molecular weight excluding hydrogens is 526 g/mol. The van der Waals surface area contributed by atoms with Crippen molar-refractivity contribution in [1.82, 2.24) is 0 Å². The fourth-order valence-electron chi connectivity index (χ4n) is 3.52. The van der Waals surface area contributed by atoms with Gasteiger partial charge in [0, 0.05) is 42.4 Å². The molecule has 0 amide bonds. The van der Waals surface area contributed by atoms with Gasteiger partial charge in [0.25, 0.3) is 0 Å². The molecule has 0 aromatic heterocycles. The van der Waals surface area contributed by atoms with E-state index in [2.05, 4.69) is 18.4 Å². The number of carbonyl (C=O) groups is 2. The molecule has 10 nitrogen and oxygen atoms in total. The zero-order valence-corrected chi connectivity index (χ0v) is 26.8. The molecule has 3 atom stereocenters. The number of aliphatic hydroxyl groups excluding tert-OH is 2. The fourth-order valence-corrected chi connectivity index (χ4v) is 4.31. The second-order valence-electron chi connectivity index (χ2n) is 9.43. The molecule has 0 aliphatic carbocycles. The van der Waals surface area contributed by atoms with Crippen molar-refractivity contribution in [3.63, 3.8) is 0 Å². The average molecular weight is 578 g/mol. The number of carbonyl (C=O) groups excluding carboxylic acids is 2. The Labute approximate surface area is 251 Å². The molecule has 0 aromatic rings. The van der Waals surface area contributed by atoms with E-state index >= 15 is 0 Å². The molecule has 2 unspecified atom stereocenters. The molecule has 0 rings (SSSR count). The number of esters is 2. The van der Waals surface area contributed by atoms with Gasteiger partial charge in [-0.3, -0.25) is 18.6 Å². The van der Waals surface area contributed by atoms with Gasteiger partial charge in [0.15, 0.2) is 6.10 Å². The predicted octanol–water partition coefficient (Wildman–Crippen LogP) is 4.83. The number of unbranched alkanes of at least 4 members (excludes halogenated alkanes) is 12. The maximum Gasteiger partial charge on any atom is 0.472 e. The van der Waals surface area contributed by atoms with Crippen molar-refractivity contribution < 1.29 is 47.8 Å². The van der Waals surface area contributed by atoms with Crippen LogP contribution >= 0.6 is 7.82 Å². The van der Waals surface area contributed by atoms with Crippen molar-refractivity contribution in [3.05, 3.63) is 0 Å². The van der Waals surface area contributed by atoms with Crippen molar-refractivity contribution in [2.24, 2.45) is 0 Å². The summed E-state index contributed by atoms with van der Waals surface area (Å²) in [5.41, 5.74) is 0. The van der Waals surface area contributed by atoms with Crippen LogP contribution in [-0.4, -0.2) is 95.2 Å². The molecule has 38 heavy (non-hydrogen) atoms. The van der Waals surface area contributed by atoms with E-state index in [1.165, 1.54) is 38.5 Å². The zero-order valence-electron chi connectivity index (χ0n) is 23.9. The minimum Gasteiger partial charge on any atom is -0.462 e. The first kappa shape index (κ1) is 40.1. The Morgan fingerprint density at radius 2 is 1.16 bits per heavy atom. The molecular formula is C26H51NaO10P. The molecule has 12 heteroatoms. The Morgan fingerprint density at radius 3 is 1.66 bits per heavy atom. The van der Waals surface area contributed by atoms with Crippen LogP contribution in [-0.2, 0) is 32.7 Å². The number of hydrogen-bond donors (Lipinski definition) is 3. The Kier molecular flexibility index (Phi) is 28.7. The molecule has 0 aromatic carbocycles. The van der Waals surface area contributed by atoms with Gasteiger partial charge in [-0.25, -0.2) is 4.57 Å². The second-order valence-corrected chi connectivity index (χ2v) is 10.9. The van der Waals surface area contributed by atoms with Gasteiger partial charge < -0.3 is 24.6 Å². The Morgan fingerprint density at radius 1 is 0.711 bits per heavy atom. The third-order valence-electron chi connectivity index (χ3n) is 5.76. The van der Waals surface area contributed by atoms with Crippen molar-refractivity contribution in [3.8, 4) is 0 Å². The summed E-state index contributed by atoms with van der Waals surface area (Å²) in [6.45, 7) is 2.22. The summed E-state index contributed by atoms with van der Waals surface area (Å²) >= 11 is 0. The van der Waals surface area contributed by atoms with Gasteiger partial charge in [-0.1, -0.05) is 90.9 Å². The van der Waals surface area contributed by atoms with Gasteiger partial charge in [0.05, 0.1) is 19.8 Å². The van der Waals surface area contributed by atoms with E-state index in [1.807, 2.05) is 0 Å². The van der Waals surface area contributed by atoms with Gasteiger partial charge in [0.1, 0.15) is 12.7 Å². The fraction of sp³-hybridized carbons (Fsp3) is 0.923. The molecule has 0 bridgehead atoms. The van der Waals surface area contributed by atoms with Gasteiger partial charge in [-0.2, -0.15) is 0 Å². The number of phosphoric ester groups is 1. The Balaban J connectivity index is 0. The van der Waals surface area contributed by atoms with Gasteiger partial charge in [-0.05, 0) is 12.8 Å². The first-order valence-electron chi connectivity index (χ1n) is 14.0. The van der Waals surface area contributed by atoms with Crippen LogP contribution in [0.2, 0.25) is 0 Å². The van der Waals surface area contributed by atoms with Gasteiger partial charge in [-0.15, -0.1) is 0 Å². The summed E-state index contributed by atoms with van der Waals surface area (Å²) in [5, 5.41) is 18.1. The molecule has 0 fully saturated rings.